The maximum absolute atomic E-state index is 12.4. The molecule has 10 heteroatoms. The van der Waals surface area contributed by atoms with Crippen LogP contribution in [0, 0.1) is 0 Å². The van der Waals surface area contributed by atoms with Crippen molar-refractivity contribution in [1.29, 1.82) is 0 Å². The fourth-order valence-electron chi connectivity index (χ4n) is 2.29. The number of rotatable bonds is 4. The molecule has 0 atom stereocenters. The third-order valence-electron chi connectivity index (χ3n) is 3.48. The summed E-state index contributed by atoms with van der Waals surface area (Å²) in [5.74, 6) is 1.07. The number of tetrazole rings is 1. The lowest BCUT2D eigenvalue weighted by atomic mass is 10.2. The molecule has 0 aliphatic carbocycles. The van der Waals surface area contributed by atoms with Crippen molar-refractivity contribution in [1.82, 2.24) is 30.2 Å². The Morgan fingerprint density at radius 2 is 2.12 bits per heavy atom. The molecule has 25 heavy (non-hydrogen) atoms. The van der Waals surface area contributed by atoms with Crippen molar-refractivity contribution in [2.45, 2.75) is 10.9 Å². The molecule has 3 heterocycles. The zero-order valence-electron chi connectivity index (χ0n) is 12.9. The predicted molar refractivity (Wildman–Crippen MR) is 99.0 cm³/mol. The van der Waals surface area contributed by atoms with E-state index in [0.717, 1.165) is 10.4 Å². The van der Waals surface area contributed by atoms with E-state index in [1.165, 1.54) is 23.1 Å². The van der Waals surface area contributed by atoms with Crippen molar-refractivity contribution >= 4 is 44.9 Å². The van der Waals surface area contributed by atoms with Gasteiger partial charge in [0.1, 0.15) is 10.5 Å². The molecular formula is C15H11ClN6OS2. The van der Waals surface area contributed by atoms with Gasteiger partial charge in [-0.3, -0.25) is 4.79 Å². The number of aromatic amines is 1. The van der Waals surface area contributed by atoms with E-state index in [1.807, 2.05) is 30.3 Å². The van der Waals surface area contributed by atoms with Gasteiger partial charge in [0.2, 0.25) is 5.16 Å². The van der Waals surface area contributed by atoms with Crippen molar-refractivity contribution in [2.75, 3.05) is 0 Å². The van der Waals surface area contributed by atoms with E-state index in [9.17, 15) is 4.79 Å². The van der Waals surface area contributed by atoms with E-state index in [-0.39, 0.29) is 5.56 Å². The second-order valence-electron chi connectivity index (χ2n) is 5.22. The zero-order chi connectivity index (χ0) is 17.4. The highest BCUT2D eigenvalue weighted by Crippen LogP contribution is 2.31. The summed E-state index contributed by atoms with van der Waals surface area (Å²) in [6.45, 7) is 0. The molecule has 0 saturated carbocycles. The van der Waals surface area contributed by atoms with Crippen LogP contribution in [-0.2, 0) is 12.8 Å². The number of aryl methyl sites for hydroxylation is 1. The van der Waals surface area contributed by atoms with Crippen molar-refractivity contribution < 1.29 is 0 Å². The Balaban J connectivity index is 1.66. The number of thiophene rings is 1. The van der Waals surface area contributed by atoms with Crippen LogP contribution >= 0.6 is 34.7 Å². The summed E-state index contributed by atoms with van der Waals surface area (Å²) in [6, 6.07) is 9.44. The van der Waals surface area contributed by atoms with E-state index in [2.05, 4.69) is 25.5 Å². The molecule has 126 valence electrons. The summed E-state index contributed by atoms with van der Waals surface area (Å²) in [7, 11) is 1.76. The van der Waals surface area contributed by atoms with Crippen molar-refractivity contribution in [3.05, 3.63) is 51.5 Å². The Labute approximate surface area is 155 Å². The standard InChI is InChI=1S/C15H11ClN6OS2/c1-22-15(19-20-21-22)24-7-12-17-10-6-11(25-13(10)14(23)18-12)8-2-4-9(16)5-3-8/h2-6H,7H2,1H3,(H,17,18,23). The van der Waals surface area contributed by atoms with E-state index in [4.69, 9.17) is 11.6 Å². The van der Waals surface area contributed by atoms with Crippen LogP contribution in [0.1, 0.15) is 5.82 Å². The lowest BCUT2D eigenvalue weighted by Crippen LogP contribution is -2.09. The molecular weight excluding hydrogens is 380 g/mol. The summed E-state index contributed by atoms with van der Waals surface area (Å²) in [5.41, 5.74) is 1.56. The number of nitrogens with zero attached hydrogens (tertiary/aromatic N) is 5. The lowest BCUT2D eigenvalue weighted by Gasteiger charge is -1.99. The monoisotopic (exact) mass is 390 g/mol. The Morgan fingerprint density at radius 1 is 1.32 bits per heavy atom. The summed E-state index contributed by atoms with van der Waals surface area (Å²) >= 11 is 8.76. The van der Waals surface area contributed by atoms with Crippen LogP contribution in [0.5, 0.6) is 0 Å². The van der Waals surface area contributed by atoms with Gasteiger partial charge >= 0.3 is 0 Å². The van der Waals surface area contributed by atoms with Gasteiger partial charge in [0.25, 0.3) is 5.56 Å². The number of nitrogens with one attached hydrogen (secondary N) is 1. The quantitative estimate of drug-likeness (QED) is 0.538. The molecule has 3 aromatic heterocycles. The number of H-pyrrole nitrogens is 1. The van der Waals surface area contributed by atoms with Crippen LogP contribution in [0.4, 0.5) is 0 Å². The molecule has 0 saturated heterocycles. The molecule has 1 N–H and O–H groups in total. The minimum atomic E-state index is -0.137. The van der Waals surface area contributed by atoms with Crippen molar-refractivity contribution in [3.63, 3.8) is 0 Å². The van der Waals surface area contributed by atoms with Crippen LogP contribution in [0.2, 0.25) is 5.02 Å². The van der Waals surface area contributed by atoms with Gasteiger partial charge in [-0.25, -0.2) is 9.67 Å². The van der Waals surface area contributed by atoms with Crippen LogP contribution < -0.4 is 5.56 Å². The fraction of sp³-hybridized carbons (Fsp3) is 0.133. The minimum absolute atomic E-state index is 0.137. The number of fused-ring (bicyclic) bond motifs is 1. The second kappa shape index (κ2) is 6.58. The SMILES string of the molecule is Cn1nnnc1SCc1nc2cc(-c3ccc(Cl)cc3)sc2c(=O)[nH]1. The van der Waals surface area contributed by atoms with E-state index < -0.39 is 0 Å². The summed E-state index contributed by atoms with van der Waals surface area (Å²) in [6.07, 6.45) is 0. The van der Waals surface area contributed by atoms with Crippen LogP contribution in [0.25, 0.3) is 20.7 Å². The number of thioether (sulfide) groups is 1. The first-order chi connectivity index (χ1) is 12.1. The number of aromatic nitrogens is 6. The molecule has 1 aromatic carbocycles. The minimum Gasteiger partial charge on any atom is -0.309 e. The van der Waals surface area contributed by atoms with E-state index in [0.29, 0.717) is 32.0 Å². The van der Waals surface area contributed by atoms with Gasteiger partial charge in [-0.1, -0.05) is 35.5 Å². The Bertz CT molecular complexity index is 1100. The number of hydrogen-bond acceptors (Lipinski definition) is 7. The summed E-state index contributed by atoms with van der Waals surface area (Å²) in [5, 5.41) is 12.6. The van der Waals surface area contributed by atoms with Gasteiger partial charge in [0.15, 0.2) is 0 Å². The van der Waals surface area contributed by atoms with E-state index in [1.54, 1.807) is 11.7 Å². The second-order valence-corrected chi connectivity index (χ2v) is 7.65. The number of halogens is 1. The van der Waals surface area contributed by atoms with Gasteiger partial charge in [-0.05, 0) is 34.2 Å². The van der Waals surface area contributed by atoms with Gasteiger partial charge in [-0.2, -0.15) is 0 Å². The van der Waals surface area contributed by atoms with E-state index >= 15 is 0 Å². The molecule has 4 rings (SSSR count). The first-order valence-corrected chi connectivity index (χ1v) is 9.42. The Hall–Kier alpha value is -2.23. The van der Waals surface area contributed by atoms with Gasteiger partial charge < -0.3 is 4.98 Å². The van der Waals surface area contributed by atoms with Crippen LogP contribution in [0.15, 0.2) is 40.3 Å². The molecule has 0 unspecified atom stereocenters. The molecule has 0 bridgehead atoms. The lowest BCUT2D eigenvalue weighted by molar-refractivity contribution is 0.664. The number of benzene rings is 1. The number of hydrogen-bond donors (Lipinski definition) is 1. The van der Waals surface area contributed by atoms with Crippen LogP contribution in [-0.4, -0.2) is 30.2 Å². The van der Waals surface area contributed by atoms with Gasteiger partial charge in [0, 0.05) is 16.9 Å². The zero-order valence-corrected chi connectivity index (χ0v) is 15.3. The molecule has 0 amide bonds. The predicted octanol–water partition coefficient (Wildman–Crippen LogP) is 3.12. The largest absolute Gasteiger partial charge is 0.309 e. The Morgan fingerprint density at radius 3 is 2.84 bits per heavy atom. The molecule has 0 fully saturated rings. The fourth-order valence-corrected chi connectivity index (χ4v) is 4.13. The maximum atomic E-state index is 12.4. The summed E-state index contributed by atoms with van der Waals surface area (Å²) < 4.78 is 2.18. The highest BCUT2D eigenvalue weighted by atomic mass is 35.5. The normalized spacial score (nSPS) is 11.3. The van der Waals surface area contributed by atoms with Crippen molar-refractivity contribution in [2.24, 2.45) is 7.05 Å². The molecule has 0 radical (unpaired) electrons. The maximum Gasteiger partial charge on any atom is 0.268 e. The highest BCUT2D eigenvalue weighted by Gasteiger charge is 2.12. The topological polar surface area (TPSA) is 89.3 Å². The first kappa shape index (κ1) is 16.2. The molecule has 0 spiro atoms. The highest BCUT2D eigenvalue weighted by molar-refractivity contribution is 7.98. The Kier molecular flexibility index (Phi) is 4.28. The molecule has 0 aliphatic heterocycles. The van der Waals surface area contributed by atoms with Gasteiger partial charge in [-0.15, -0.1) is 16.4 Å². The van der Waals surface area contributed by atoms with Crippen molar-refractivity contribution in [3.8, 4) is 10.4 Å². The molecule has 4 aromatic rings. The average molecular weight is 391 g/mol. The first-order valence-electron chi connectivity index (χ1n) is 7.24. The average Bonchev–Trinajstić information content (AvgIpc) is 3.20. The third-order valence-corrected chi connectivity index (χ3v) is 5.93. The summed E-state index contributed by atoms with van der Waals surface area (Å²) in [4.78, 5) is 20.7. The van der Waals surface area contributed by atoms with Crippen LogP contribution in [0.3, 0.4) is 0 Å². The third kappa shape index (κ3) is 3.30. The molecule has 7 nitrogen and oxygen atoms in total. The van der Waals surface area contributed by atoms with Gasteiger partial charge in [0.05, 0.1) is 11.3 Å². The smallest absolute Gasteiger partial charge is 0.268 e. The molecule has 0 aliphatic rings.